The molecule has 138 valence electrons. The normalized spacial score (nSPS) is 15.0. The number of nitrogens with zero attached hydrogens (tertiary/aromatic N) is 4. The van der Waals surface area contributed by atoms with Crippen LogP contribution in [0.25, 0.3) is 0 Å². The first-order chi connectivity index (χ1) is 12.3. The zero-order valence-corrected chi connectivity index (χ0v) is 13.6. The molecule has 2 heterocycles. The minimum Gasteiger partial charge on any atom is -0.505 e. The Labute approximate surface area is 147 Å². The van der Waals surface area contributed by atoms with E-state index < -0.39 is 11.7 Å². The lowest BCUT2D eigenvalue weighted by Gasteiger charge is -2.36. The number of benzene rings is 1. The molecule has 1 saturated heterocycles. The largest absolute Gasteiger partial charge is 0.505 e. The third kappa shape index (κ3) is 4.13. The summed E-state index contributed by atoms with van der Waals surface area (Å²) in [6.45, 7) is 1.81. The SMILES string of the molecule is O=C(Nc1ncc(O)cn1)N1CCN(c2ccc(C(F)(F)F)cc2)CC1. The van der Waals surface area contributed by atoms with Crippen molar-refractivity contribution in [2.24, 2.45) is 0 Å². The van der Waals surface area contributed by atoms with E-state index >= 15 is 0 Å². The van der Waals surface area contributed by atoms with Gasteiger partial charge in [-0.25, -0.2) is 14.8 Å². The average Bonchev–Trinajstić information content (AvgIpc) is 2.63. The molecule has 3 rings (SSSR count). The second-order valence-corrected chi connectivity index (χ2v) is 5.71. The molecule has 10 heteroatoms. The minimum atomic E-state index is -4.36. The zero-order valence-electron chi connectivity index (χ0n) is 13.6. The van der Waals surface area contributed by atoms with Crippen molar-refractivity contribution < 1.29 is 23.1 Å². The van der Waals surface area contributed by atoms with Gasteiger partial charge in [0.05, 0.1) is 18.0 Å². The van der Waals surface area contributed by atoms with E-state index in [-0.39, 0.29) is 17.7 Å². The van der Waals surface area contributed by atoms with Crippen molar-refractivity contribution in [3.05, 3.63) is 42.2 Å². The minimum absolute atomic E-state index is 0.0815. The number of carbonyl (C=O) groups is 1. The Balaban J connectivity index is 1.55. The number of anilines is 2. The maximum absolute atomic E-state index is 12.6. The molecule has 0 atom stereocenters. The Morgan fingerprint density at radius 2 is 1.62 bits per heavy atom. The first kappa shape index (κ1) is 17.8. The number of hydrogen-bond acceptors (Lipinski definition) is 5. The third-order valence-corrected chi connectivity index (χ3v) is 3.98. The Morgan fingerprint density at radius 3 is 2.15 bits per heavy atom. The second-order valence-electron chi connectivity index (χ2n) is 5.71. The number of aromatic nitrogens is 2. The van der Waals surface area contributed by atoms with E-state index in [2.05, 4.69) is 15.3 Å². The van der Waals surface area contributed by atoms with Crippen LogP contribution in [0.4, 0.5) is 29.6 Å². The molecule has 1 aliphatic heterocycles. The van der Waals surface area contributed by atoms with E-state index in [9.17, 15) is 18.0 Å². The molecule has 2 amide bonds. The lowest BCUT2D eigenvalue weighted by atomic mass is 10.1. The average molecular weight is 367 g/mol. The van der Waals surface area contributed by atoms with Crippen molar-refractivity contribution in [2.45, 2.75) is 6.18 Å². The van der Waals surface area contributed by atoms with Gasteiger partial charge in [0, 0.05) is 31.9 Å². The topological polar surface area (TPSA) is 81.6 Å². The van der Waals surface area contributed by atoms with Crippen LogP contribution in [-0.4, -0.2) is 52.2 Å². The number of alkyl halides is 3. The van der Waals surface area contributed by atoms with Gasteiger partial charge >= 0.3 is 12.2 Å². The number of hydrogen-bond donors (Lipinski definition) is 2. The van der Waals surface area contributed by atoms with Crippen LogP contribution in [0.2, 0.25) is 0 Å². The summed E-state index contributed by atoms with van der Waals surface area (Å²) < 4.78 is 37.8. The van der Waals surface area contributed by atoms with Crippen molar-refractivity contribution >= 4 is 17.7 Å². The van der Waals surface area contributed by atoms with Crippen LogP contribution in [-0.2, 0) is 6.18 Å². The monoisotopic (exact) mass is 367 g/mol. The smallest absolute Gasteiger partial charge is 0.416 e. The van der Waals surface area contributed by atoms with E-state index in [0.717, 1.165) is 12.1 Å². The Hall–Kier alpha value is -3.04. The first-order valence-corrected chi connectivity index (χ1v) is 7.82. The van der Waals surface area contributed by atoms with E-state index in [1.807, 2.05) is 4.90 Å². The van der Waals surface area contributed by atoms with Gasteiger partial charge in [0.2, 0.25) is 5.95 Å². The summed E-state index contributed by atoms with van der Waals surface area (Å²) in [5.74, 6) is -0.0221. The molecule has 0 bridgehead atoms. The van der Waals surface area contributed by atoms with Gasteiger partial charge in [0.15, 0.2) is 5.75 Å². The predicted octanol–water partition coefficient (Wildman–Crippen LogP) is 2.56. The molecule has 7 nitrogen and oxygen atoms in total. The zero-order chi connectivity index (χ0) is 18.7. The standard InChI is InChI=1S/C16H16F3N5O2/c17-16(18,19)11-1-3-12(4-2-11)23-5-7-24(8-6-23)15(26)22-14-20-9-13(25)10-21-14/h1-4,9-10,25H,5-8H2,(H,20,21,22,26). The van der Waals surface area contributed by atoms with Crippen molar-refractivity contribution in [3.8, 4) is 5.75 Å². The molecule has 0 radical (unpaired) electrons. The highest BCUT2D eigenvalue weighted by atomic mass is 19.4. The number of nitrogens with one attached hydrogen (secondary N) is 1. The van der Waals surface area contributed by atoms with E-state index in [0.29, 0.717) is 31.9 Å². The van der Waals surface area contributed by atoms with Crippen molar-refractivity contribution in [1.29, 1.82) is 0 Å². The lowest BCUT2D eigenvalue weighted by Crippen LogP contribution is -2.50. The molecule has 1 fully saturated rings. The molecule has 1 aromatic carbocycles. The van der Waals surface area contributed by atoms with E-state index in [1.165, 1.54) is 24.5 Å². The molecule has 0 aliphatic carbocycles. The summed E-state index contributed by atoms with van der Waals surface area (Å²) in [4.78, 5) is 23.2. The highest BCUT2D eigenvalue weighted by Gasteiger charge is 2.30. The van der Waals surface area contributed by atoms with E-state index in [1.54, 1.807) is 4.90 Å². The summed E-state index contributed by atoms with van der Waals surface area (Å²) in [7, 11) is 0. The van der Waals surface area contributed by atoms with E-state index in [4.69, 9.17) is 5.11 Å². The molecular formula is C16H16F3N5O2. The van der Waals surface area contributed by atoms with Crippen molar-refractivity contribution in [2.75, 3.05) is 36.4 Å². The van der Waals surface area contributed by atoms with Crippen molar-refractivity contribution in [3.63, 3.8) is 0 Å². The van der Waals surface area contributed by atoms with Gasteiger partial charge in [-0.3, -0.25) is 5.32 Å². The summed E-state index contributed by atoms with van der Waals surface area (Å²) in [6, 6.07) is 4.60. The van der Waals surface area contributed by atoms with Crippen LogP contribution in [0.3, 0.4) is 0 Å². The third-order valence-electron chi connectivity index (χ3n) is 3.98. The fraction of sp³-hybridized carbons (Fsp3) is 0.312. The van der Waals surface area contributed by atoms with Crippen LogP contribution in [0.1, 0.15) is 5.56 Å². The van der Waals surface area contributed by atoms with Crippen LogP contribution in [0.15, 0.2) is 36.7 Å². The molecule has 0 unspecified atom stereocenters. The van der Waals surface area contributed by atoms with Crippen LogP contribution in [0, 0.1) is 0 Å². The van der Waals surface area contributed by atoms with Gasteiger partial charge in [-0.15, -0.1) is 0 Å². The number of aromatic hydroxyl groups is 1. The fourth-order valence-corrected chi connectivity index (χ4v) is 2.59. The molecule has 2 aromatic rings. The van der Waals surface area contributed by atoms with Crippen molar-refractivity contribution in [1.82, 2.24) is 14.9 Å². The molecule has 2 N–H and O–H groups in total. The summed E-state index contributed by atoms with van der Waals surface area (Å²) in [6.07, 6.45) is -2.01. The van der Waals surface area contributed by atoms with Crippen LogP contribution >= 0.6 is 0 Å². The number of piperazine rings is 1. The molecule has 1 aromatic heterocycles. The number of halogens is 3. The first-order valence-electron chi connectivity index (χ1n) is 7.82. The Kier molecular flexibility index (Phi) is 4.83. The molecule has 0 saturated carbocycles. The summed E-state index contributed by atoms with van der Waals surface area (Å²) in [5.41, 5.74) is -0.00640. The predicted molar refractivity (Wildman–Crippen MR) is 87.9 cm³/mol. The molecule has 0 spiro atoms. The van der Waals surface area contributed by atoms with Crippen LogP contribution in [0.5, 0.6) is 5.75 Å². The lowest BCUT2D eigenvalue weighted by molar-refractivity contribution is -0.137. The van der Waals surface area contributed by atoms with Gasteiger partial charge in [0.25, 0.3) is 0 Å². The number of urea groups is 1. The summed E-state index contributed by atoms with van der Waals surface area (Å²) >= 11 is 0. The fourth-order valence-electron chi connectivity index (χ4n) is 2.59. The van der Waals surface area contributed by atoms with Gasteiger partial charge in [-0.2, -0.15) is 13.2 Å². The van der Waals surface area contributed by atoms with Gasteiger partial charge in [-0.1, -0.05) is 0 Å². The Bertz CT molecular complexity index is 757. The number of carbonyl (C=O) groups excluding carboxylic acids is 1. The Morgan fingerprint density at radius 1 is 1.04 bits per heavy atom. The maximum Gasteiger partial charge on any atom is 0.416 e. The highest BCUT2D eigenvalue weighted by Crippen LogP contribution is 2.30. The maximum atomic E-state index is 12.6. The molecular weight excluding hydrogens is 351 g/mol. The number of rotatable bonds is 2. The molecule has 26 heavy (non-hydrogen) atoms. The second kappa shape index (κ2) is 7.06. The quantitative estimate of drug-likeness (QED) is 0.853. The van der Waals surface area contributed by atoms with Gasteiger partial charge in [0.1, 0.15) is 0 Å². The van der Waals surface area contributed by atoms with Gasteiger partial charge < -0.3 is 14.9 Å². The highest BCUT2D eigenvalue weighted by molar-refractivity contribution is 5.87. The number of amides is 2. The van der Waals surface area contributed by atoms with Crippen LogP contribution < -0.4 is 10.2 Å². The molecule has 1 aliphatic rings. The summed E-state index contributed by atoms with van der Waals surface area (Å²) in [5, 5.41) is 11.7. The van der Waals surface area contributed by atoms with Gasteiger partial charge in [-0.05, 0) is 24.3 Å².